The summed E-state index contributed by atoms with van der Waals surface area (Å²) in [6, 6.07) is 0. The topological polar surface area (TPSA) is 90.2 Å². The molecular formula is C6H11FO5. The van der Waals surface area contributed by atoms with Crippen molar-refractivity contribution in [1.82, 2.24) is 0 Å². The first-order valence-corrected chi connectivity index (χ1v) is 3.52. The van der Waals surface area contributed by atoms with Crippen LogP contribution in [0.4, 0.5) is 4.39 Å². The van der Waals surface area contributed by atoms with E-state index < -0.39 is 37.4 Å². The second kappa shape index (κ2) is 3.63. The Morgan fingerprint density at radius 3 is 2.25 bits per heavy atom. The Labute approximate surface area is 68.0 Å². The summed E-state index contributed by atoms with van der Waals surface area (Å²) in [5, 5.41) is 35.2. The third-order valence-electron chi connectivity index (χ3n) is 1.82. The SMILES string of the molecule is OCC1O[C@@H](O)[C@@H](O)C(O)[C@@H]1F. The fraction of sp³-hybridized carbons (Fsp3) is 1.00. The van der Waals surface area contributed by atoms with Gasteiger partial charge in [0.15, 0.2) is 12.5 Å². The van der Waals surface area contributed by atoms with Gasteiger partial charge in [0.1, 0.15) is 18.3 Å². The zero-order valence-electron chi connectivity index (χ0n) is 6.17. The van der Waals surface area contributed by atoms with Crippen molar-refractivity contribution in [2.24, 2.45) is 0 Å². The summed E-state index contributed by atoms with van der Waals surface area (Å²) >= 11 is 0. The summed E-state index contributed by atoms with van der Waals surface area (Å²) in [6.07, 6.45) is -8.19. The largest absolute Gasteiger partial charge is 0.394 e. The Kier molecular flexibility index (Phi) is 2.97. The number of halogens is 1. The van der Waals surface area contributed by atoms with Gasteiger partial charge in [-0.25, -0.2) is 4.39 Å². The van der Waals surface area contributed by atoms with Crippen LogP contribution in [-0.2, 0) is 4.74 Å². The highest BCUT2D eigenvalue weighted by atomic mass is 19.1. The molecule has 0 spiro atoms. The van der Waals surface area contributed by atoms with Crippen LogP contribution in [-0.4, -0.2) is 57.8 Å². The van der Waals surface area contributed by atoms with Gasteiger partial charge in [-0.1, -0.05) is 0 Å². The monoisotopic (exact) mass is 182 g/mol. The molecule has 1 fully saturated rings. The molecule has 0 saturated carbocycles. The molecule has 0 aliphatic carbocycles. The van der Waals surface area contributed by atoms with Gasteiger partial charge in [-0.2, -0.15) is 0 Å². The molecule has 0 aromatic carbocycles. The molecule has 1 saturated heterocycles. The molecule has 1 rings (SSSR count). The van der Waals surface area contributed by atoms with Crippen LogP contribution in [0, 0.1) is 0 Å². The van der Waals surface area contributed by atoms with Gasteiger partial charge in [-0.15, -0.1) is 0 Å². The molecule has 1 aliphatic heterocycles. The first-order valence-electron chi connectivity index (χ1n) is 3.52. The Hall–Kier alpha value is -0.270. The molecule has 4 N–H and O–H groups in total. The number of aliphatic hydroxyl groups is 4. The van der Waals surface area contributed by atoms with E-state index >= 15 is 0 Å². The number of hydrogen-bond acceptors (Lipinski definition) is 5. The lowest BCUT2D eigenvalue weighted by atomic mass is 10.0. The van der Waals surface area contributed by atoms with Gasteiger partial charge in [-0.3, -0.25) is 0 Å². The van der Waals surface area contributed by atoms with Crippen LogP contribution >= 0.6 is 0 Å². The van der Waals surface area contributed by atoms with Gasteiger partial charge in [-0.05, 0) is 0 Å². The van der Waals surface area contributed by atoms with Crippen LogP contribution < -0.4 is 0 Å². The Balaban J connectivity index is 2.63. The maximum atomic E-state index is 12.9. The first-order chi connectivity index (χ1) is 5.57. The van der Waals surface area contributed by atoms with Gasteiger partial charge >= 0.3 is 0 Å². The average Bonchev–Trinajstić information content (AvgIpc) is 2.08. The highest BCUT2D eigenvalue weighted by molar-refractivity contribution is 4.88. The highest BCUT2D eigenvalue weighted by Crippen LogP contribution is 2.21. The quantitative estimate of drug-likeness (QED) is 0.368. The van der Waals surface area contributed by atoms with Crippen LogP contribution in [0.1, 0.15) is 0 Å². The lowest BCUT2D eigenvalue weighted by molar-refractivity contribution is -0.274. The maximum absolute atomic E-state index is 12.9. The van der Waals surface area contributed by atoms with Gasteiger partial charge in [0.05, 0.1) is 6.61 Å². The second-order valence-corrected chi connectivity index (χ2v) is 2.67. The summed E-state index contributed by atoms with van der Waals surface area (Å²) < 4.78 is 17.3. The summed E-state index contributed by atoms with van der Waals surface area (Å²) in [4.78, 5) is 0. The Morgan fingerprint density at radius 1 is 1.17 bits per heavy atom. The summed E-state index contributed by atoms with van der Waals surface area (Å²) in [5.74, 6) is 0. The number of hydrogen-bond donors (Lipinski definition) is 4. The molecule has 12 heavy (non-hydrogen) atoms. The van der Waals surface area contributed by atoms with Crippen molar-refractivity contribution >= 4 is 0 Å². The third kappa shape index (κ3) is 1.57. The number of aliphatic hydroxyl groups excluding tert-OH is 4. The molecule has 72 valence electrons. The Bertz CT molecular complexity index is 150. The van der Waals surface area contributed by atoms with Gasteiger partial charge in [0.25, 0.3) is 0 Å². The van der Waals surface area contributed by atoms with Gasteiger partial charge in [0, 0.05) is 0 Å². The van der Waals surface area contributed by atoms with Crippen LogP contribution in [0.25, 0.3) is 0 Å². The zero-order chi connectivity index (χ0) is 9.30. The average molecular weight is 182 g/mol. The minimum atomic E-state index is -1.88. The minimum absolute atomic E-state index is 0.651. The van der Waals surface area contributed by atoms with E-state index in [0.717, 1.165) is 0 Å². The molecule has 0 radical (unpaired) electrons. The van der Waals surface area contributed by atoms with E-state index in [0.29, 0.717) is 0 Å². The van der Waals surface area contributed by atoms with E-state index in [-0.39, 0.29) is 0 Å². The smallest absolute Gasteiger partial charge is 0.184 e. The van der Waals surface area contributed by atoms with E-state index in [1.165, 1.54) is 0 Å². The molecule has 0 bridgehead atoms. The lowest BCUT2D eigenvalue weighted by Crippen LogP contribution is -2.56. The van der Waals surface area contributed by atoms with Crippen LogP contribution in [0.2, 0.25) is 0 Å². The zero-order valence-corrected chi connectivity index (χ0v) is 6.17. The molecule has 0 aromatic rings. The van der Waals surface area contributed by atoms with Crippen molar-refractivity contribution in [1.29, 1.82) is 0 Å². The molecule has 1 heterocycles. The van der Waals surface area contributed by atoms with Crippen molar-refractivity contribution in [2.75, 3.05) is 6.61 Å². The fourth-order valence-electron chi connectivity index (χ4n) is 1.06. The molecule has 6 heteroatoms. The van der Waals surface area contributed by atoms with E-state index in [9.17, 15) is 4.39 Å². The third-order valence-corrected chi connectivity index (χ3v) is 1.82. The van der Waals surface area contributed by atoms with Gasteiger partial charge < -0.3 is 25.2 Å². The predicted molar refractivity (Wildman–Crippen MR) is 34.9 cm³/mol. The van der Waals surface area contributed by atoms with E-state index in [4.69, 9.17) is 20.4 Å². The lowest BCUT2D eigenvalue weighted by Gasteiger charge is -2.36. The van der Waals surface area contributed by atoms with E-state index in [1.54, 1.807) is 0 Å². The molecule has 1 aliphatic rings. The van der Waals surface area contributed by atoms with E-state index in [2.05, 4.69) is 4.74 Å². The van der Waals surface area contributed by atoms with E-state index in [1.807, 2.05) is 0 Å². The van der Waals surface area contributed by atoms with Crippen LogP contribution in [0.3, 0.4) is 0 Å². The van der Waals surface area contributed by atoms with Gasteiger partial charge in [0.2, 0.25) is 0 Å². The molecule has 5 nitrogen and oxygen atoms in total. The standard InChI is InChI=1S/C6H11FO5/c7-3-2(1-8)12-6(11)5(10)4(3)9/h2-6,8-11H,1H2/t2?,3-,4?,5+,6-/m1/s1. The summed E-state index contributed by atoms with van der Waals surface area (Å²) in [7, 11) is 0. The first kappa shape index (κ1) is 9.82. The Morgan fingerprint density at radius 2 is 1.75 bits per heavy atom. The van der Waals surface area contributed by atoms with Crippen LogP contribution in [0.5, 0.6) is 0 Å². The number of ether oxygens (including phenoxy) is 1. The van der Waals surface area contributed by atoms with Crippen molar-refractivity contribution < 1.29 is 29.6 Å². The van der Waals surface area contributed by atoms with Crippen molar-refractivity contribution in [2.45, 2.75) is 30.8 Å². The number of rotatable bonds is 1. The van der Waals surface area contributed by atoms with Crippen molar-refractivity contribution in [3.63, 3.8) is 0 Å². The fourth-order valence-corrected chi connectivity index (χ4v) is 1.06. The van der Waals surface area contributed by atoms with Crippen molar-refractivity contribution in [3.05, 3.63) is 0 Å². The molecule has 0 aromatic heterocycles. The normalized spacial score (nSPS) is 49.2. The molecule has 5 atom stereocenters. The van der Waals surface area contributed by atoms with Crippen LogP contribution in [0.15, 0.2) is 0 Å². The number of alkyl halides is 1. The van der Waals surface area contributed by atoms with Crippen molar-refractivity contribution in [3.8, 4) is 0 Å². The summed E-state index contributed by atoms with van der Waals surface area (Å²) in [6.45, 7) is -0.651. The minimum Gasteiger partial charge on any atom is -0.394 e. The molecule has 2 unspecified atom stereocenters. The molecule has 0 amide bonds. The molecular weight excluding hydrogens is 171 g/mol. The maximum Gasteiger partial charge on any atom is 0.184 e. The second-order valence-electron chi connectivity index (χ2n) is 2.67. The highest BCUT2D eigenvalue weighted by Gasteiger charge is 2.43. The predicted octanol–water partition coefficient (Wildman–Crippen LogP) is -2.24. The summed E-state index contributed by atoms with van der Waals surface area (Å²) in [5.41, 5.74) is 0.